The zero-order chi connectivity index (χ0) is 18.3. The monoisotopic (exact) mass is 360 g/mol. The number of rotatable bonds is 3. The highest BCUT2D eigenvalue weighted by molar-refractivity contribution is 7.20. The zero-order valence-corrected chi connectivity index (χ0v) is 16.0. The van der Waals surface area contributed by atoms with E-state index in [-0.39, 0.29) is 17.9 Å². The first-order chi connectivity index (χ1) is 11.8. The predicted molar refractivity (Wildman–Crippen MR) is 100.0 cm³/mol. The highest BCUT2D eigenvalue weighted by atomic mass is 32.1. The largest absolute Gasteiger partial charge is 0.335 e. The van der Waals surface area contributed by atoms with Crippen molar-refractivity contribution in [2.24, 2.45) is 7.05 Å². The van der Waals surface area contributed by atoms with Gasteiger partial charge < -0.3 is 9.80 Å². The normalized spacial score (nSPS) is 18.2. The molecule has 0 radical (unpaired) electrons. The number of piperazine rings is 1. The fourth-order valence-electron chi connectivity index (χ4n) is 3.33. The van der Waals surface area contributed by atoms with E-state index in [1.165, 1.54) is 17.4 Å². The minimum atomic E-state index is -0.0755. The third-order valence-corrected chi connectivity index (χ3v) is 5.86. The second-order valence-electron chi connectivity index (χ2n) is 6.83. The minimum absolute atomic E-state index is 0.0157. The molecule has 3 heterocycles. The van der Waals surface area contributed by atoms with E-state index < -0.39 is 0 Å². The summed E-state index contributed by atoms with van der Waals surface area (Å²) in [6.45, 7) is 11.4. The zero-order valence-electron chi connectivity index (χ0n) is 15.2. The smallest absolute Gasteiger partial charge is 0.264 e. The third kappa shape index (κ3) is 3.08. The second kappa shape index (κ2) is 6.63. The van der Waals surface area contributed by atoms with Crippen molar-refractivity contribution in [1.29, 1.82) is 0 Å². The predicted octanol–water partition coefficient (Wildman–Crippen LogP) is 2.62. The summed E-state index contributed by atoms with van der Waals surface area (Å²) in [5, 5.41) is 5.63. The fourth-order valence-corrected chi connectivity index (χ4v) is 4.36. The number of aromatic nitrogens is 2. The van der Waals surface area contributed by atoms with Gasteiger partial charge in [0, 0.05) is 38.1 Å². The van der Waals surface area contributed by atoms with Crippen molar-refractivity contribution in [1.82, 2.24) is 19.6 Å². The molecule has 1 fully saturated rings. The van der Waals surface area contributed by atoms with E-state index in [1.807, 2.05) is 29.6 Å². The van der Waals surface area contributed by atoms with Crippen LogP contribution >= 0.6 is 11.3 Å². The van der Waals surface area contributed by atoms with E-state index in [1.54, 1.807) is 4.90 Å². The topological polar surface area (TPSA) is 58.4 Å². The maximum atomic E-state index is 13.0. The van der Waals surface area contributed by atoms with Gasteiger partial charge in [-0.05, 0) is 25.0 Å². The summed E-state index contributed by atoms with van der Waals surface area (Å²) in [6.07, 6.45) is 1.33. The average Bonchev–Trinajstić information content (AvgIpc) is 3.14. The van der Waals surface area contributed by atoms with Crippen LogP contribution in [-0.2, 0) is 11.8 Å². The van der Waals surface area contributed by atoms with Gasteiger partial charge in [-0.25, -0.2) is 0 Å². The first-order valence-corrected chi connectivity index (χ1v) is 9.33. The Morgan fingerprint density at radius 1 is 1.40 bits per heavy atom. The molecule has 7 heteroatoms. The lowest BCUT2D eigenvalue weighted by molar-refractivity contribution is -0.128. The lowest BCUT2D eigenvalue weighted by Gasteiger charge is -2.39. The summed E-state index contributed by atoms with van der Waals surface area (Å²) in [6, 6.07) is 1.96. The molecule has 0 unspecified atom stereocenters. The molecule has 25 heavy (non-hydrogen) atoms. The van der Waals surface area contributed by atoms with E-state index in [0.717, 1.165) is 20.8 Å². The molecule has 6 nitrogen and oxygen atoms in total. The van der Waals surface area contributed by atoms with Gasteiger partial charge in [-0.15, -0.1) is 11.3 Å². The SMILES string of the molecule is C=CC(=O)N1CCN(C(=O)c2cc3c(C(C)C)nn(C)c3s2)[C@@H](C)C1. The molecular weight excluding hydrogens is 336 g/mol. The maximum Gasteiger partial charge on any atom is 0.264 e. The number of hydrogen-bond donors (Lipinski definition) is 0. The van der Waals surface area contributed by atoms with E-state index >= 15 is 0 Å². The quantitative estimate of drug-likeness (QED) is 0.791. The van der Waals surface area contributed by atoms with Crippen LogP contribution in [0.2, 0.25) is 0 Å². The van der Waals surface area contributed by atoms with Crippen molar-refractivity contribution in [2.45, 2.75) is 32.7 Å². The lowest BCUT2D eigenvalue weighted by Crippen LogP contribution is -2.55. The number of fused-ring (bicyclic) bond motifs is 1. The Labute approximate surface area is 151 Å². The fraction of sp³-hybridized carbons (Fsp3) is 0.500. The number of thiophene rings is 1. The molecule has 2 aromatic heterocycles. The number of hydrogen-bond acceptors (Lipinski definition) is 4. The molecule has 1 aliphatic heterocycles. The van der Waals surface area contributed by atoms with Crippen LogP contribution in [0.4, 0.5) is 0 Å². The Kier molecular flexibility index (Phi) is 4.69. The molecule has 0 aliphatic carbocycles. The molecule has 0 aromatic carbocycles. The Morgan fingerprint density at radius 3 is 2.72 bits per heavy atom. The summed E-state index contributed by atoms with van der Waals surface area (Å²) < 4.78 is 1.86. The second-order valence-corrected chi connectivity index (χ2v) is 7.86. The van der Waals surface area contributed by atoms with Gasteiger partial charge >= 0.3 is 0 Å². The molecule has 1 aliphatic rings. The van der Waals surface area contributed by atoms with Crippen LogP contribution in [0.25, 0.3) is 10.2 Å². The van der Waals surface area contributed by atoms with Crippen molar-refractivity contribution in [3.63, 3.8) is 0 Å². The first-order valence-electron chi connectivity index (χ1n) is 8.52. The highest BCUT2D eigenvalue weighted by Gasteiger charge is 2.31. The van der Waals surface area contributed by atoms with E-state index in [0.29, 0.717) is 25.6 Å². The number of aryl methyl sites for hydroxylation is 1. The molecule has 0 N–H and O–H groups in total. The van der Waals surface area contributed by atoms with Gasteiger partial charge in [-0.3, -0.25) is 14.3 Å². The number of carbonyl (C=O) groups excluding carboxylic acids is 2. The number of amides is 2. The van der Waals surface area contributed by atoms with E-state index in [4.69, 9.17) is 0 Å². The van der Waals surface area contributed by atoms with Crippen LogP contribution in [0, 0.1) is 0 Å². The summed E-state index contributed by atoms with van der Waals surface area (Å²) in [5.74, 6) is 0.274. The lowest BCUT2D eigenvalue weighted by atomic mass is 10.1. The summed E-state index contributed by atoms with van der Waals surface area (Å²) >= 11 is 1.49. The molecule has 0 saturated carbocycles. The van der Waals surface area contributed by atoms with E-state index in [9.17, 15) is 9.59 Å². The van der Waals surface area contributed by atoms with Crippen molar-refractivity contribution in [3.8, 4) is 0 Å². The number of carbonyl (C=O) groups is 2. The van der Waals surface area contributed by atoms with Gasteiger partial charge in [0.1, 0.15) is 4.83 Å². The van der Waals surface area contributed by atoms with Crippen LogP contribution < -0.4 is 0 Å². The van der Waals surface area contributed by atoms with Crippen LogP contribution in [0.3, 0.4) is 0 Å². The van der Waals surface area contributed by atoms with Gasteiger partial charge in [0.25, 0.3) is 5.91 Å². The third-order valence-electron chi connectivity index (χ3n) is 4.67. The maximum absolute atomic E-state index is 13.0. The van der Waals surface area contributed by atoms with E-state index in [2.05, 4.69) is 25.5 Å². The molecule has 2 aromatic rings. The average molecular weight is 360 g/mol. The summed E-state index contributed by atoms with van der Waals surface area (Å²) in [4.78, 5) is 30.1. The van der Waals surface area contributed by atoms with Gasteiger partial charge in [0.2, 0.25) is 5.91 Å². The Hall–Kier alpha value is -2.15. The molecular formula is C18H24N4O2S. The molecule has 0 bridgehead atoms. The summed E-state index contributed by atoms with van der Waals surface area (Å²) in [7, 11) is 1.92. The van der Waals surface area contributed by atoms with Gasteiger partial charge in [-0.2, -0.15) is 5.10 Å². The molecule has 1 atom stereocenters. The Balaban J connectivity index is 1.84. The molecule has 1 saturated heterocycles. The Bertz CT molecular complexity index is 836. The van der Waals surface area contributed by atoms with Crippen LogP contribution in [0.1, 0.15) is 42.1 Å². The van der Waals surface area contributed by atoms with Crippen LogP contribution in [-0.4, -0.2) is 57.1 Å². The molecule has 3 rings (SSSR count). The first kappa shape index (κ1) is 17.7. The molecule has 0 spiro atoms. The van der Waals surface area contributed by atoms with Crippen molar-refractivity contribution in [3.05, 3.63) is 29.3 Å². The van der Waals surface area contributed by atoms with Crippen molar-refractivity contribution >= 4 is 33.4 Å². The van der Waals surface area contributed by atoms with Gasteiger partial charge in [0.15, 0.2) is 0 Å². The van der Waals surface area contributed by atoms with Crippen molar-refractivity contribution in [2.75, 3.05) is 19.6 Å². The standard InChI is InChI=1S/C18H24N4O2S/c1-6-15(23)21-7-8-22(12(4)10-21)17(24)14-9-13-16(11(2)3)19-20(5)18(13)25-14/h6,9,11-12H,1,7-8,10H2,2-5H3/t12-/m0/s1. The minimum Gasteiger partial charge on any atom is -0.335 e. The van der Waals surface area contributed by atoms with Crippen LogP contribution in [0.5, 0.6) is 0 Å². The van der Waals surface area contributed by atoms with Crippen molar-refractivity contribution < 1.29 is 9.59 Å². The highest BCUT2D eigenvalue weighted by Crippen LogP contribution is 2.32. The van der Waals surface area contributed by atoms with Gasteiger partial charge in [-0.1, -0.05) is 20.4 Å². The summed E-state index contributed by atoms with van der Waals surface area (Å²) in [5.41, 5.74) is 1.03. The van der Waals surface area contributed by atoms with Crippen LogP contribution in [0.15, 0.2) is 18.7 Å². The Morgan fingerprint density at radius 2 is 2.12 bits per heavy atom. The molecule has 134 valence electrons. The number of nitrogens with zero attached hydrogens (tertiary/aromatic N) is 4. The van der Waals surface area contributed by atoms with Gasteiger partial charge in [0.05, 0.1) is 10.6 Å². The molecule has 2 amide bonds.